The summed E-state index contributed by atoms with van der Waals surface area (Å²) in [7, 11) is -3.12. The number of halogens is 4. The van der Waals surface area contributed by atoms with E-state index in [4.69, 9.17) is 0 Å². The summed E-state index contributed by atoms with van der Waals surface area (Å²) in [6.07, 6.45) is -3.17. The van der Waals surface area contributed by atoms with Gasteiger partial charge in [0.1, 0.15) is 11.6 Å². The van der Waals surface area contributed by atoms with Crippen LogP contribution in [0.15, 0.2) is 47.4 Å². The minimum absolute atomic E-state index is 0.175. The van der Waals surface area contributed by atoms with Gasteiger partial charge in [-0.05, 0) is 61.6 Å². The smallest absolute Gasteiger partial charge is 0.420 e. The molecule has 3 rings (SSSR count). The van der Waals surface area contributed by atoms with Crippen molar-refractivity contribution < 1.29 is 35.5 Å². The minimum Gasteiger partial charge on any atom is -0.496 e. The van der Waals surface area contributed by atoms with Crippen LogP contribution in [0.5, 0.6) is 5.75 Å². The van der Waals surface area contributed by atoms with Crippen LogP contribution in [0.25, 0.3) is 0 Å². The van der Waals surface area contributed by atoms with Crippen molar-refractivity contribution >= 4 is 15.9 Å². The number of sulfonamides is 1. The topological polar surface area (TPSA) is 84.5 Å². The molecule has 0 heterocycles. The van der Waals surface area contributed by atoms with Gasteiger partial charge in [-0.25, -0.2) is 17.5 Å². The molecular weight excluding hydrogens is 464 g/mol. The molecule has 1 aliphatic rings. The number of amides is 1. The Hall–Kier alpha value is -2.66. The first-order valence-corrected chi connectivity index (χ1v) is 11.8. The Balaban J connectivity index is 1.56. The summed E-state index contributed by atoms with van der Waals surface area (Å²) < 4.78 is 85.1. The van der Waals surface area contributed by atoms with E-state index in [9.17, 15) is 30.8 Å². The molecule has 0 atom stereocenters. The van der Waals surface area contributed by atoms with Crippen LogP contribution >= 0.6 is 0 Å². The van der Waals surface area contributed by atoms with Crippen molar-refractivity contribution in [1.29, 1.82) is 0 Å². The van der Waals surface area contributed by atoms with E-state index in [-0.39, 0.29) is 24.2 Å². The summed E-state index contributed by atoms with van der Waals surface area (Å²) in [5.74, 6) is -1.31. The summed E-state index contributed by atoms with van der Waals surface area (Å²) in [6.45, 7) is 0.255. The van der Waals surface area contributed by atoms with Gasteiger partial charge in [0, 0.05) is 18.5 Å². The number of carbonyl (C=O) groups excluding carboxylic acids is 1. The van der Waals surface area contributed by atoms with E-state index in [1.807, 2.05) is 0 Å². The number of alkyl halides is 3. The number of hydrogen-bond acceptors (Lipinski definition) is 4. The lowest BCUT2D eigenvalue weighted by Crippen LogP contribution is -2.40. The van der Waals surface area contributed by atoms with Gasteiger partial charge in [0.2, 0.25) is 15.9 Å². The van der Waals surface area contributed by atoms with Crippen LogP contribution in [0.3, 0.4) is 0 Å². The van der Waals surface area contributed by atoms with Crippen molar-refractivity contribution in [3.8, 4) is 5.75 Å². The SMILES string of the molecule is COc1ccc(S(=O)(=O)NC2CCC(C(=O)NCc3ccc(F)cc3)CC2)cc1C(F)(F)F. The van der Waals surface area contributed by atoms with E-state index in [0.29, 0.717) is 31.7 Å². The summed E-state index contributed by atoms with van der Waals surface area (Å²) in [4.78, 5) is 11.9. The van der Waals surface area contributed by atoms with E-state index in [1.165, 1.54) is 12.1 Å². The summed E-state index contributed by atoms with van der Waals surface area (Å²) >= 11 is 0. The van der Waals surface area contributed by atoms with E-state index in [1.54, 1.807) is 12.1 Å². The van der Waals surface area contributed by atoms with Crippen molar-refractivity contribution in [2.45, 2.75) is 49.3 Å². The Morgan fingerprint density at radius 3 is 2.27 bits per heavy atom. The van der Waals surface area contributed by atoms with Crippen molar-refractivity contribution in [2.75, 3.05) is 7.11 Å². The number of ether oxygens (including phenoxy) is 1. The van der Waals surface area contributed by atoms with Crippen LogP contribution in [-0.2, 0) is 27.5 Å². The molecule has 11 heteroatoms. The third-order valence-electron chi connectivity index (χ3n) is 5.59. The van der Waals surface area contributed by atoms with Gasteiger partial charge in [0.15, 0.2) is 0 Å². The highest BCUT2D eigenvalue weighted by atomic mass is 32.2. The number of carbonyl (C=O) groups is 1. The first-order valence-electron chi connectivity index (χ1n) is 10.3. The Labute approximate surface area is 189 Å². The zero-order valence-electron chi connectivity index (χ0n) is 17.8. The van der Waals surface area contributed by atoms with E-state index in [2.05, 4.69) is 14.8 Å². The molecule has 2 aromatic carbocycles. The van der Waals surface area contributed by atoms with Gasteiger partial charge < -0.3 is 10.1 Å². The van der Waals surface area contributed by atoms with Gasteiger partial charge in [-0.3, -0.25) is 4.79 Å². The van der Waals surface area contributed by atoms with E-state index in [0.717, 1.165) is 24.8 Å². The largest absolute Gasteiger partial charge is 0.496 e. The summed E-state index contributed by atoms with van der Waals surface area (Å²) in [5.41, 5.74) is -0.418. The quantitative estimate of drug-likeness (QED) is 0.577. The van der Waals surface area contributed by atoms with Crippen LogP contribution < -0.4 is 14.8 Å². The predicted molar refractivity (Wildman–Crippen MR) is 112 cm³/mol. The fourth-order valence-corrected chi connectivity index (χ4v) is 5.10. The zero-order chi connectivity index (χ0) is 24.2. The number of nitrogens with one attached hydrogen (secondary N) is 2. The van der Waals surface area contributed by atoms with Crippen LogP contribution in [0, 0.1) is 11.7 Å². The Bertz CT molecular complexity index is 1080. The average Bonchev–Trinajstić information content (AvgIpc) is 2.77. The highest BCUT2D eigenvalue weighted by Gasteiger charge is 2.36. The third-order valence-corrected chi connectivity index (χ3v) is 7.10. The van der Waals surface area contributed by atoms with Crippen molar-refractivity contribution in [1.82, 2.24) is 10.0 Å². The van der Waals surface area contributed by atoms with E-state index < -0.39 is 38.4 Å². The van der Waals surface area contributed by atoms with Gasteiger partial charge in [-0.1, -0.05) is 12.1 Å². The predicted octanol–water partition coefficient (Wildman–Crippen LogP) is 4.01. The highest BCUT2D eigenvalue weighted by molar-refractivity contribution is 7.89. The maximum absolute atomic E-state index is 13.2. The second-order valence-corrected chi connectivity index (χ2v) is 9.59. The lowest BCUT2D eigenvalue weighted by Gasteiger charge is -2.28. The molecular formula is C22H24F4N2O4S. The average molecular weight is 489 g/mol. The van der Waals surface area contributed by atoms with Crippen molar-refractivity contribution in [2.24, 2.45) is 5.92 Å². The second kappa shape index (κ2) is 10.1. The first-order chi connectivity index (χ1) is 15.5. The molecule has 0 spiro atoms. The lowest BCUT2D eigenvalue weighted by atomic mass is 9.86. The number of benzene rings is 2. The van der Waals surface area contributed by atoms with Gasteiger partial charge in [-0.15, -0.1) is 0 Å². The molecule has 2 aromatic rings. The fourth-order valence-electron chi connectivity index (χ4n) is 3.77. The summed E-state index contributed by atoms with van der Waals surface area (Å²) in [5, 5.41) is 2.79. The molecule has 0 aromatic heterocycles. The molecule has 1 fully saturated rings. The van der Waals surface area contributed by atoms with Gasteiger partial charge in [-0.2, -0.15) is 13.2 Å². The highest BCUT2D eigenvalue weighted by Crippen LogP contribution is 2.37. The molecule has 0 unspecified atom stereocenters. The molecule has 2 N–H and O–H groups in total. The molecule has 1 saturated carbocycles. The monoisotopic (exact) mass is 488 g/mol. The number of methoxy groups -OCH3 is 1. The molecule has 33 heavy (non-hydrogen) atoms. The Morgan fingerprint density at radius 1 is 1.06 bits per heavy atom. The minimum atomic E-state index is -4.77. The van der Waals surface area contributed by atoms with Crippen LogP contribution in [0.2, 0.25) is 0 Å². The van der Waals surface area contributed by atoms with Crippen LogP contribution in [-0.4, -0.2) is 27.5 Å². The summed E-state index contributed by atoms with van der Waals surface area (Å²) in [6, 6.07) is 7.85. The standard InChI is InChI=1S/C22H24F4N2O4S/c1-32-20-11-10-18(12-19(20)22(24,25)26)33(30,31)28-17-8-4-15(5-9-17)21(29)27-13-14-2-6-16(23)7-3-14/h2-3,6-7,10-12,15,17,28H,4-5,8-9,13H2,1H3,(H,27,29). The molecule has 0 bridgehead atoms. The lowest BCUT2D eigenvalue weighted by molar-refractivity contribution is -0.139. The zero-order valence-corrected chi connectivity index (χ0v) is 18.6. The van der Waals surface area contributed by atoms with Gasteiger partial charge >= 0.3 is 6.18 Å². The molecule has 1 aliphatic carbocycles. The first kappa shape index (κ1) is 25.0. The van der Waals surface area contributed by atoms with Gasteiger partial charge in [0.05, 0.1) is 17.6 Å². The molecule has 0 radical (unpaired) electrons. The van der Waals surface area contributed by atoms with Crippen molar-refractivity contribution in [3.05, 3.63) is 59.4 Å². The Kier molecular flexibility index (Phi) is 7.63. The third kappa shape index (κ3) is 6.44. The van der Waals surface area contributed by atoms with Gasteiger partial charge in [0.25, 0.3) is 0 Å². The van der Waals surface area contributed by atoms with E-state index >= 15 is 0 Å². The molecule has 0 saturated heterocycles. The molecule has 180 valence electrons. The normalized spacial score (nSPS) is 19.2. The Morgan fingerprint density at radius 2 is 1.70 bits per heavy atom. The molecule has 0 aliphatic heterocycles. The number of hydrogen-bond donors (Lipinski definition) is 2. The maximum atomic E-state index is 13.2. The molecule has 1 amide bonds. The second-order valence-electron chi connectivity index (χ2n) is 7.87. The van der Waals surface area contributed by atoms with Crippen molar-refractivity contribution in [3.63, 3.8) is 0 Å². The molecule has 6 nitrogen and oxygen atoms in total. The van der Waals surface area contributed by atoms with Crippen LogP contribution in [0.4, 0.5) is 17.6 Å². The maximum Gasteiger partial charge on any atom is 0.420 e. The number of rotatable bonds is 7. The fraction of sp³-hybridized carbons (Fsp3) is 0.409. The van der Waals surface area contributed by atoms with Crippen LogP contribution in [0.1, 0.15) is 36.8 Å².